The molecule has 1 aromatic heterocycles. The van der Waals surface area contributed by atoms with Crippen molar-refractivity contribution in [3.63, 3.8) is 0 Å². The third-order valence-corrected chi connectivity index (χ3v) is 3.97. The van der Waals surface area contributed by atoms with E-state index in [-0.39, 0.29) is 5.91 Å². The summed E-state index contributed by atoms with van der Waals surface area (Å²) in [6, 6.07) is 16.7. The predicted molar refractivity (Wildman–Crippen MR) is 90.9 cm³/mol. The molecule has 116 valence electrons. The normalized spacial score (nSPS) is 10.5. The molecule has 4 nitrogen and oxygen atoms in total. The minimum atomic E-state index is -0.131. The van der Waals surface area contributed by atoms with Crippen molar-refractivity contribution < 1.29 is 4.79 Å². The fourth-order valence-electron chi connectivity index (χ4n) is 2.31. The highest BCUT2D eigenvalue weighted by Gasteiger charge is 2.08. The lowest BCUT2D eigenvalue weighted by Crippen LogP contribution is -2.22. The number of nitrogens with zero attached hydrogens (tertiary/aromatic N) is 2. The number of hydrogen-bond acceptors (Lipinski definition) is 2. The summed E-state index contributed by atoms with van der Waals surface area (Å²) >= 11 is 6.09. The van der Waals surface area contributed by atoms with Crippen LogP contribution in [0, 0.1) is 6.92 Å². The average Bonchev–Trinajstić information content (AvgIpc) is 3.00. The number of hydrogen-bond donors (Lipinski definition) is 1. The van der Waals surface area contributed by atoms with Gasteiger partial charge < -0.3 is 5.32 Å². The Morgan fingerprint density at radius 3 is 2.52 bits per heavy atom. The van der Waals surface area contributed by atoms with Gasteiger partial charge >= 0.3 is 0 Å². The van der Waals surface area contributed by atoms with Crippen LogP contribution in [0.4, 0.5) is 0 Å². The molecule has 0 saturated carbocycles. The van der Waals surface area contributed by atoms with Gasteiger partial charge in [-0.3, -0.25) is 4.79 Å². The van der Waals surface area contributed by atoms with E-state index >= 15 is 0 Å². The molecule has 0 radical (unpaired) electrons. The molecule has 23 heavy (non-hydrogen) atoms. The van der Waals surface area contributed by atoms with E-state index in [1.807, 2.05) is 54.1 Å². The first kappa shape index (κ1) is 15.3. The van der Waals surface area contributed by atoms with Crippen LogP contribution in [0.1, 0.15) is 21.6 Å². The third kappa shape index (κ3) is 3.43. The Morgan fingerprint density at radius 2 is 1.87 bits per heavy atom. The predicted octanol–water partition coefficient (Wildman–Crippen LogP) is 3.76. The Hall–Kier alpha value is -2.59. The van der Waals surface area contributed by atoms with Gasteiger partial charge in [0.25, 0.3) is 5.91 Å². The van der Waals surface area contributed by atoms with Crippen LogP contribution in [-0.4, -0.2) is 15.7 Å². The van der Waals surface area contributed by atoms with Crippen molar-refractivity contribution >= 4 is 17.5 Å². The lowest BCUT2D eigenvalue weighted by molar-refractivity contribution is 0.0951. The van der Waals surface area contributed by atoms with Crippen molar-refractivity contribution in [2.45, 2.75) is 13.5 Å². The summed E-state index contributed by atoms with van der Waals surface area (Å²) in [5.41, 5.74) is 3.47. The smallest absolute Gasteiger partial charge is 0.251 e. The number of aromatic nitrogens is 2. The Morgan fingerprint density at radius 1 is 1.13 bits per heavy atom. The van der Waals surface area contributed by atoms with Crippen molar-refractivity contribution in [3.05, 3.63) is 82.6 Å². The molecule has 0 unspecified atom stereocenters. The fraction of sp³-hybridized carbons (Fsp3) is 0.111. The van der Waals surface area contributed by atoms with E-state index in [1.165, 1.54) is 0 Å². The molecule has 0 fully saturated rings. The molecule has 0 bridgehead atoms. The van der Waals surface area contributed by atoms with E-state index in [4.69, 9.17) is 11.6 Å². The van der Waals surface area contributed by atoms with Gasteiger partial charge in [0.15, 0.2) is 0 Å². The first-order chi connectivity index (χ1) is 11.1. The standard InChI is InChI=1S/C18H16ClN3O/c1-13-10-11-21-22(13)16-8-6-14(7-9-16)18(23)20-12-15-4-2-3-5-17(15)19/h2-11H,12H2,1H3,(H,20,23). The molecule has 3 aromatic rings. The highest BCUT2D eigenvalue weighted by Crippen LogP contribution is 2.15. The maximum absolute atomic E-state index is 12.2. The number of halogens is 1. The number of aryl methyl sites for hydroxylation is 1. The minimum Gasteiger partial charge on any atom is -0.348 e. The SMILES string of the molecule is Cc1ccnn1-c1ccc(C(=O)NCc2ccccc2Cl)cc1. The maximum atomic E-state index is 12.2. The van der Waals surface area contributed by atoms with Crippen molar-refractivity contribution in [1.29, 1.82) is 0 Å². The van der Waals surface area contributed by atoms with Crippen LogP contribution in [0.5, 0.6) is 0 Å². The Balaban J connectivity index is 1.69. The van der Waals surface area contributed by atoms with Crippen molar-refractivity contribution in [2.75, 3.05) is 0 Å². The summed E-state index contributed by atoms with van der Waals surface area (Å²) in [7, 11) is 0. The highest BCUT2D eigenvalue weighted by molar-refractivity contribution is 6.31. The molecular formula is C18H16ClN3O. The first-order valence-corrected chi connectivity index (χ1v) is 7.65. The van der Waals surface area contributed by atoms with Gasteiger partial charge in [0.05, 0.1) is 5.69 Å². The molecule has 0 aliphatic heterocycles. The van der Waals surface area contributed by atoms with E-state index in [1.54, 1.807) is 18.3 Å². The number of benzene rings is 2. The van der Waals surface area contributed by atoms with E-state index in [0.29, 0.717) is 17.1 Å². The molecule has 0 aliphatic rings. The van der Waals surface area contributed by atoms with Gasteiger partial charge in [0.1, 0.15) is 0 Å². The lowest BCUT2D eigenvalue weighted by atomic mass is 10.1. The topological polar surface area (TPSA) is 46.9 Å². The summed E-state index contributed by atoms with van der Waals surface area (Å²) in [5, 5.41) is 7.77. The molecule has 2 aromatic carbocycles. The van der Waals surface area contributed by atoms with Crippen LogP contribution in [0.3, 0.4) is 0 Å². The van der Waals surface area contributed by atoms with Crippen LogP contribution in [0.25, 0.3) is 5.69 Å². The summed E-state index contributed by atoms with van der Waals surface area (Å²) in [4.78, 5) is 12.2. The molecule has 0 atom stereocenters. The second-order valence-corrected chi connectivity index (χ2v) is 5.61. The van der Waals surface area contributed by atoms with Crippen molar-refractivity contribution in [1.82, 2.24) is 15.1 Å². The van der Waals surface area contributed by atoms with E-state index < -0.39 is 0 Å². The molecule has 1 N–H and O–H groups in total. The quantitative estimate of drug-likeness (QED) is 0.793. The second kappa shape index (κ2) is 6.67. The van der Waals surface area contributed by atoms with Crippen LogP contribution >= 0.6 is 11.6 Å². The van der Waals surface area contributed by atoms with Crippen LogP contribution < -0.4 is 5.32 Å². The molecule has 0 aliphatic carbocycles. The minimum absolute atomic E-state index is 0.131. The number of carbonyl (C=O) groups is 1. The molecule has 1 heterocycles. The molecule has 0 saturated heterocycles. The van der Waals surface area contributed by atoms with E-state index in [2.05, 4.69) is 10.4 Å². The van der Waals surface area contributed by atoms with Gasteiger partial charge in [-0.2, -0.15) is 5.10 Å². The van der Waals surface area contributed by atoms with Crippen LogP contribution in [0.2, 0.25) is 5.02 Å². The maximum Gasteiger partial charge on any atom is 0.251 e. The highest BCUT2D eigenvalue weighted by atomic mass is 35.5. The summed E-state index contributed by atoms with van der Waals surface area (Å²) in [6.07, 6.45) is 1.75. The van der Waals surface area contributed by atoms with Gasteiger partial charge in [-0.15, -0.1) is 0 Å². The van der Waals surface area contributed by atoms with Gasteiger partial charge in [-0.25, -0.2) is 4.68 Å². The van der Waals surface area contributed by atoms with Crippen LogP contribution in [-0.2, 0) is 6.54 Å². The molecule has 1 amide bonds. The number of carbonyl (C=O) groups excluding carboxylic acids is 1. The largest absolute Gasteiger partial charge is 0.348 e. The van der Waals surface area contributed by atoms with E-state index in [0.717, 1.165) is 16.9 Å². The first-order valence-electron chi connectivity index (χ1n) is 7.28. The fourth-order valence-corrected chi connectivity index (χ4v) is 2.52. The molecule has 0 spiro atoms. The van der Waals surface area contributed by atoms with Gasteiger partial charge in [0.2, 0.25) is 0 Å². The Kier molecular flexibility index (Phi) is 4.44. The van der Waals surface area contributed by atoms with Crippen LogP contribution in [0.15, 0.2) is 60.8 Å². The van der Waals surface area contributed by atoms with Crippen molar-refractivity contribution in [2.24, 2.45) is 0 Å². The zero-order valence-electron chi connectivity index (χ0n) is 12.7. The summed E-state index contributed by atoms with van der Waals surface area (Å²) in [5.74, 6) is -0.131. The van der Waals surface area contributed by atoms with Crippen molar-refractivity contribution in [3.8, 4) is 5.69 Å². The summed E-state index contributed by atoms with van der Waals surface area (Å²) < 4.78 is 1.82. The Bertz CT molecular complexity index is 824. The molecule has 3 rings (SSSR count). The second-order valence-electron chi connectivity index (χ2n) is 5.21. The molecule has 5 heteroatoms. The summed E-state index contributed by atoms with van der Waals surface area (Å²) in [6.45, 7) is 2.38. The van der Waals surface area contributed by atoms with Gasteiger partial charge in [0, 0.05) is 29.0 Å². The Labute approximate surface area is 139 Å². The van der Waals surface area contributed by atoms with Gasteiger partial charge in [-0.1, -0.05) is 29.8 Å². The average molecular weight is 326 g/mol. The van der Waals surface area contributed by atoms with E-state index in [9.17, 15) is 4.79 Å². The monoisotopic (exact) mass is 325 g/mol. The number of rotatable bonds is 4. The zero-order valence-corrected chi connectivity index (χ0v) is 13.4. The van der Waals surface area contributed by atoms with Gasteiger partial charge in [-0.05, 0) is 48.9 Å². The number of amides is 1. The number of nitrogens with one attached hydrogen (secondary N) is 1. The lowest BCUT2D eigenvalue weighted by Gasteiger charge is -2.08. The third-order valence-electron chi connectivity index (χ3n) is 3.60. The zero-order chi connectivity index (χ0) is 16.2. The molecular weight excluding hydrogens is 310 g/mol.